The number of alkyl halides is 3. The van der Waals surface area contributed by atoms with Crippen LogP contribution >= 0.6 is 11.8 Å². The van der Waals surface area contributed by atoms with Crippen LogP contribution in [0.1, 0.15) is 18.2 Å². The van der Waals surface area contributed by atoms with Crippen molar-refractivity contribution in [1.82, 2.24) is 10.2 Å². The Hall–Kier alpha value is -2.75. The number of hydrogen-bond donors (Lipinski definition) is 1. The van der Waals surface area contributed by atoms with E-state index >= 15 is 0 Å². The molecule has 142 valence electrons. The summed E-state index contributed by atoms with van der Waals surface area (Å²) in [5.74, 6) is 0.501. The summed E-state index contributed by atoms with van der Waals surface area (Å²) < 4.78 is 48.4. The molecule has 0 saturated heterocycles. The molecule has 3 rings (SSSR count). The van der Waals surface area contributed by atoms with Gasteiger partial charge in [0.1, 0.15) is 5.76 Å². The predicted octanol–water partition coefficient (Wildman–Crippen LogP) is 4.78. The molecule has 10 heteroatoms. The van der Waals surface area contributed by atoms with Gasteiger partial charge in [-0.3, -0.25) is 4.79 Å². The molecule has 0 bridgehead atoms. The topological polar surface area (TPSA) is 81.2 Å². The minimum Gasteiger partial charge on any atom is -0.469 e. The molecule has 2 aromatic heterocycles. The van der Waals surface area contributed by atoms with E-state index < -0.39 is 22.9 Å². The monoisotopic (exact) mass is 397 g/mol. The Morgan fingerprint density at radius 3 is 2.48 bits per heavy atom. The van der Waals surface area contributed by atoms with E-state index in [2.05, 4.69) is 15.5 Å². The number of benzene rings is 1. The van der Waals surface area contributed by atoms with E-state index in [-0.39, 0.29) is 16.8 Å². The van der Waals surface area contributed by atoms with Crippen LogP contribution in [0.2, 0.25) is 0 Å². The van der Waals surface area contributed by atoms with Crippen molar-refractivity contribution in [2.45, 2.75) is 30.5 Å². The number of aromatic nitrogens is 2. The largest absolute Gasteiger partial charge is 0.469 e. The molecule has 27 heavy (non-hydrogen) atoms. The number of nitrogens with one attached hydrogen (secondary N) is 1. The molecular weight excluding hydrogens is 383 g/mol. The molecule has 0 spiro atoms. The summed E-state index contributed by atoms with van der Waals surface area (Å²) >= 11 is 1.04. The van der Waals surface area contributed by atoms with Gasteiger partial charge < -0.3 is 14.2 Å². The van der Waals surface area contributed by atoms with Crippen LogP contribution in [0.4, 0.5) is 18.9 Å². The Morgan fingerprint density at radius 2 is 1.89 bits per heavy atom. The number of nitrogens with zero attached hydrogens (tertiary/aromatic N) is 2. The zero-order valence-corrected chi connectivity index (χ0v) is 15.0. The number of halogens is 3. The van der Waals surface area contributed by atoms with Gasteiger partial charge in [-0.2, -0.15) is 13.2 Å². The highest BCUT2D eigenvalue weighted by Gasteiger charge is 2.30. The quantitative estimate of drug-likeness (QED) is 0.624. The second-order valence-electron chi connectivity index (χ2n) is 5.59. The molecule has 2 heterocycles. The van der Waals surface area contributed by atoms with Crippen molar-refractivity contribution in [3.63, 3.8) is 0 Å². The fourth-order valence-corrected chi connectivity index (χ4v) is 2.85. The van der Waals surface area contributed by atoms with Crippen molar-refractivity contribution in [2.24, 2.45) is 0 Å². The minimum absolute atomic E-state index is 0.195. The fourth-order valence-electron chi connectivity index (χ4n) is 2.16. The maximum atomic E-state index is 12.6. The van der Waals surface area contributed by atoms with E-state index in [1.807, 2.05) is 0 Å². The summed E-state index contributed by atoms with van der Waals surface area (Å²) in [6.07, 6.45) is -2.92. The van der Waals surface area contributed by atoms with E-state index in [1.54, 1.807) is 19.9 Å². The third-order valence-electron chi connectivity index (χ3n) is 3.62. The minimum atomic E-state index is -4.42. The smallest absolute Gasteiger partial charge is 0.416 e. The van der Waals surface area contributed by atoms with Crippen LogP contribution in [0.5, 0.6) is 0 Å². The van der Waals surface area contributed by atoms with Crippen LogP contribution in [-0.2, 0) is 11.0 Å². The van der Waals surface area contributed by atoms with Gasteiger partial charge in [-0.15, -0.1) is 10.2 Å². The first-order valence-electron chi connectivity index (χ1n) is 7.77. The molecule has 1 amide bonds. The highest BCUT2D eigenvalue weighted by molar-refractivity contribution is 8.00. The first-order valence-corrected chi connectivity index (χ1v) is 8.65. The second kappa shape index (κ2) is 7.47. The molecule has 0 aliphatic carbocycles. The lowest BCUT2D eigenvalue weighted by Gasteiger charge is -2.11. The standard InChI is InChI=1S/C17H14F3N3O3S/c1-9-13(7-8-25-9)15-22-23-16(26-15)27-10(2)14(24)21-12-5-3-11(4-6-12)17(18,19)20/h3-8,10H,1-2H3,(H,21,24)/t10-/m0/s1. The lowest BCUT2D eigenvalue weighted by molar-refractivity contribution is -0.137. The van der Waals surface area contributed by atoms with Gasteiger partial charge in [-0.1, -0.05) is 11.8 Å². The molecule has 1 atom stereocenters. The number of hydrogen-bond acceptors (Lipinski definition) is 6. The van der Waals surface area contributed by atoms with E-state index in [1.165, 1.54) is 18.4 Å². The van der Waals surface area contributed by atoms with Crippen molar-refractivity contribution in [1.29, 1.82) is 0 Å². The Labute approximate surface area is 156 Å². The molecule has 1 N–H and O–H groups in total. The molecule has 0 fully saturated rings. The summed E-state index contributed by atoms with van der Waals surface area (Å²) in [7, 11) is 0. The molecule has 1 aromatic carbocycles. The summed E-state index contributed by atoms with van der Waals surface area (Å²) in [5.41, 5.74) is 0.146. The summed E-state index contributed by atoms with van der Waals surface area (Å²) in [5, 5.41) is 9.94. The highest BCUT2D eigenvalue weighted by atomic mass is 32.2. The number of furan rings is 1. The summed E-state index contributed by atoms with van der Waals surface area (Å²) in [6, 6.07) is 5.91. The average Bonchev–Trinajstić information content (AvgIpc) is 3.23. The van der Waals surface area contributed by atoms with Crippen LogP contribution in [0, 0.1) is 6.92 Å². The molecule has 0 radical (unpaired) electrons. The second-order valence-corrected chi connectivity index (χ2v) is 6.88. The van der Waals surface area contributed by atoms with E-state index in [9.17, 15) is 18.0 Å². The van der Waals surface area contributed by atoms with Crippen molar-refractivity contribution in [3.05, 3.63) is 47.9 Å². The van der Waals surface area contributed by atoms with Crippen molar-refractivity contribution < 1.29 is 26.8 Å². The van der Waals surface area contributed by atoms with E-state index in [0.29, 0.717) is 11.3 Å². The maximum Gasteiger partial charge on any atom is 0.416 e. The molecule has 6 nitrogen and oxygen atoms in total. The Kier molecular flexibility index (Phi) is 5.26. The molecule has 0 aliphatic heterocycles. The molecule has 3 aromatic rings. The Bertz CT molecular complexity index is 935. The average molecular weight is 397 g/mol. The third-order valence-corrected chi connectivity index (χ3v) is 4.56. The van der Waals surface area contributed by atoms with Crippen LogP contribution in [0.3, 0.4) is 0 Å². The summed E-state index contributed by atoms with van der Waals surface area (Å²) in [6.45, 7) is 3.38. The normalized spacial score (nSPS) is 12.8. The molecule has 0 aliphatic rings. The molecular formula is C17H14F3N3O3S. The molecule has 0 unspecified atom stereocenters. The lowest BCUT2D eigenvalue weighted by atomic mass is 10.2. The lowest BCUT2D eigenvalue weighted by Crippen LogP contribution is -2.22. The van der Waals surface area contributed by atoms with Gasteiger partial charge in [0.2, 0.25) is 5.91 Å². The van der Waals surface area contributed by atoms with Crippen LogP contribution in [-0.4, -0.2) is 21.4 Å². The van der Waals surface area contributed by atoms with E-state index in [4.69, 9.17) is 8.83 Å². The van der Waals surface area contributed by atoms with Crippen molar-refractivity contribution in [3.8, 4) is 11.5 Å². The van der Waals surface area contributed by atoms with Gasteiger partial charge in [-0.05, 0) is 44.2 Å². The SMILES string of the molecule is Cc1occc1-c1nnc(S[C@@H](C)C(=O)Nc2ccc(C(F)(F)F)cc2)o1. The van der Waals surface area contributed by atoms with Gasteiger partial charge in [0, 0.05) is 5.69 Å². The van der Waals surface area contributed by atoms with Gasteiger partial charge in [-0.25, -0.2) is 0 Å². The maximum absolute atomic E-state index is 12.6. The van der Waals surface area contributed by atoms with Gasteiger partial charge in [0.25, 0.3) is 11.1 Å². The van der Waals surface area contributed by atoms with Crippen LogP contribution in [0.15, 0.2) is 50.7 Å². The zero-order chi connectivity index (χ0) is 19.6. The Morgan fingerprint density at radius 1 is 1.19 bits per heavy atom. The number of rotatable bonds is 5. The fraction of sp³-hybridized carbons (Fsp3) is 0.235. The van der Waals surface area contributed by atoms with Gasteiger partial charge >= 0.3 is 6.18 Å². The number of anilines is 1. The number of carbonyl (C=O) groups is 1. The number of aryl methyl sites for hydroxylation is 1. The number of thioether (sulfide) groups is 1. The first-order chi connectivity index (χ1) is 12.7. The van der Waals surface area contributed by atoms with Crippen LogP contribution in [0.25, 0.3) is 11.5 Å². The van der Waals surface area contributed by atoms with E-state index in [0.717, 1.165) is 23.9 Å². The Balaban J connectivity index is 1.61. The van der Waals surface area contributed by atoms with Crippen molar-refractivity contribution >= 4 is 23.4 Å². The van der Waals surface area contributed by atoms with Crippen LogP contribution < -0.4 is 5.32 Å². The third kappa shape index (κ3) is 4.51. The molecule has 0 saturated carbocycles. The van der Waals surface area contributed by atoms with Gasteiger partial charge in [0.15, 0.2) is 0 Å². The zero-order valence-electron chi connectivity index (χ0n) is 14.2. The highest BCUT2D eigenvalue weighted by Crippen LogP contribution is 2.31. The predicted molar refractivity (Wildman–Crippen MR) is 92.1 cm³/mol. The van der Waals surface area contributed by atoms with Gasteiger partial charge in [0.05, 0.1) is 22.6 Å². The number of amides is 1. The first kappa shape index (κ1) is 19.0. The summed E-state index contributed by atoms with van der Waals surface area (Å²) in [4.78, 5) is 12.2. The van der Waals surface area contributed by atoms with Crippen molar-refractivity contribution in [2.75, 3.05) is 5.32 Å². The number of carbonyl (C=O) groups excluding carboxylic acids is 1.